The molecule has 120 valence electrons. The zero-order chi connectivity index (χ0) is 16.0. The Morgan fingerprint density at radius 2 is 1.87 bits per heavy atom. The Bertz CT molecular complexity index is 752. The van der Waals surface area contributed by atoms with Crippen molar-refractivity contribution in [1.82, 2.24) is 4.90 Å². The van der Waals surface area contributed by atoms with Crippen molar-refractivity contribution in [2.45, 2.75) is 19.0 Å². The van der Waals surface area contributed by atoms with Gasteiger partial charge in [0.05, 0.1) is 11.8 Å². The van der Waals surface area contributed by atoms with E-state index in [1.165, 1.54) is 12.1 Å². The molecule has 2 bridgehead atoms. The van der Waals surface area contributed by atoms with Crippen LogP contribution >= 0.6 is 0 Å². The van der Waals surface area contributed by atoms with Gasteiger partial charge in [-0.05, 0) is 42.5 Å². The van der Waals surface area contributed by atoms with E-state index in [1.807, 2.05) is 0 Å². The van der Waals surface area contributed by atoms with Crippen LogP contribution in [0, 0.1) is 5.92 Å². The summed E-state index contributed by atoms with van der Waals surface area (Å²) in [6.07, 6.45) is 1.48. The third-order valence-corrected chi connectivity index (χ3v) is 4.72. The molecule has 23 heavy (non-hydrogen) atoms. The number of allylic oxidation sites excluding steroid dienone is 1. The molecule has 5 heteroatoms. The standard InChI is InChI=1S/C18H16F3NO/c19-18(20,21)14-3-1-2-13(10-14)15-6-9-23-17(15)16-11-22-7-4-12(16)5-8-22/h1-3,6,9-12H,4-5,7-8H2. The van der Waals surface area contributed by atoms with E-state index >= 15 is 0 Å². The van der Waals surface area contributed by atoms with Crippen LogP contribution in [0.2, 0.25) is 0 Å². The quantitative estimate of drug-likeness (QED) is 0.772. The number of furan rings is 1. The first-order chi connectivity index (χ1) is 11.0. The fraction of sp³-hybridized carbons (Fsp3) is 0.333. The number of hydrogen-bond acceptors (Lipinski definition) is 2. The Kier molecular flexibility index (Phi) is 3.25. The number of hydrogen-bond donors (Lipinski definition) is 0. The number of piperidine rings is 1. The lowest BCUT2D eigenvalue weighted by Crippen LogP contribution is -2.35. The number of nitrogens with zero attached hydrogens (tertiary/aromatic N) is 1. The second-order valence-electron chi connectivity index (χ2n) is 6.14. The highest BCUT2D eigenvalue weighted by Gasteiger charge is 2.32. The van der Waals surface area contributed by atoms with Crippen LogP contribution in [0.1, 0.15) is 24.2 Å². The second kappa shape index (κ2) is 5.18. The van der Waals surface area contributed by atoms with Gasteiger partial charge in [0.15, 0.2) is 0 Å². The summed E-state index contributed by atoms with van der Waals surface area (Å²) in [6, 6.07) is 7.18. The molecule has 0 atom stereocenters. The lowest BCUT2D eigenvalue weighted by molar-refractivity contribution is -0.137. The Labute approximate surface area is 132 Å². The Hall–Kier alpha value is -2.17. The maximum absolute atomic E-state index is 12.9. The van der Waals surface area contributed by atoms with Crippen LogP contribution in [-0.4, -0.2) is 18.0 Å². The monoisotopic (exact) mass is 319 g/mol. The lowest BCUT2D eigenvalue weighted by Gasteiger charge is -2.38. The number of halogens is 3. The maximum Gasteiger partial charge on any atom is 0.416 e. The molecule has 0 amide bonds. The molecule has 0 unspecified atom stereocenters. The van der Waals surface area contributed by atoms with E-state index < -0.39 is 11.7 Å². The molecule has 3 aliphatic rings. The predicted molar refractivity (Wildman–Crippen MR) is 81.4 cm³/mol. The number of benzene rings is 1. The SMILES string of the molecule is FC(F)(F)c1cccc(-c2ccoc2C2=CN3CCC2CC3)c1. The van der Waals surface area contributed by atoms with Crippen molar-refractivity contribution >= 4 is 5.57 Å². The predicted octanol–water partition coefficient (Wildman–Crippen LogP) is 5.03. The molecular weight excluding hydrogens is 303 g/mol. The van der Waals surface area contributed by atoms with E-state index in [0.29, 0.717) is 17.2 Å². The molecule has 0 N–H and O–H groups in total. The summed E-state index contributed by atoms with van der Waals surface area (Å²) in [4.78, 5) is 2.26. The zero-order valence-corrected chi connectivity index (χ0v) is 12.4. The molecule has 1 saturated heterocycles. The molecule has 0 aliphatic carbocycles. The number of rotatable bonds is 2. The zero-order valence-electron chi connectivity index (χ0n) is 12.4. The molecule has 0 spiro atoms. The van der Waals surface area contributed by atoms with Gasteiger partial charge < -0.3 is 9.32 Å². The molecular formula is C18H16F3NO. The van der Waals surface area contributed by atoms with E-state index in [0.717, 1.165) is 43.1 Å². The number of fused-ring (bicyclic) bond motifs is 2. The van der Waals surface area contributed by atoms with E-state index in [9.17, 15) is 13.2 Å². The highest BCUT2D eigenvalue weighted by molar-refractivity contribution is 5.80. The van der Waals surface area contributed by atoms with Crippen LogP contribution < -0.4 is 0 Å². The van der Waals surface area contributed by atoms with E-state index in [1.54, 1.807) is 18.4 Å². The van der Waals surface area contributed by atoms with Crippen molar-refractivity contribution in [2.75, 3.05) is 13.1 Å². The van der Waals surface area contributed by atoms with Crippen LogP contribution in [0.3, 0.4) is 0 Å². The first-order valence-corrected chi connectivity index (χ1v) is 7.73. The molecule has 4 heterocycles. The molecule has 1 fully saturated rings. The van der Waals surface area contributed by atoms with Gasteiger partial charge in [-0.1, -0.05) is 12.1 Å². The smallest absolute Gasteiger partial charge is 0.416 e. The van der Waals surface area contributed by atoms with Crippen molar-refractivity contribution in [3.63, 3.8) is 0 Å². The van der Waals surface area contributed by atoms with E-state index in [-0.39, 0.29) is 0 Å². The summed E-state index contributed by atoms with van der Waals surface area (Å²) in [5.41, 5.74) is 1.75. The van der Waals surface area contributed by atoms with Gasteiger partial charge in [0.2, 0.25) is 0 Å². The highest BCUT2D eigenvalue weighted by Crippen LogP contribution is 2.42. The number of alkyl halides is 3. The molecule has 5 rings (SSSR count). The summed E-state index contributed by atoms with van der Waals surface area (Å²) in [5, 5.41) is 0. The van der Waals surface area contributed by atoms with Crippen molar-refractivity contribution in [2.24, 2.45) is 5.92 Å². The van der Waals surface area contributed by atoms with Gasteiger partial charge in [-0.2, -0.15) is 13.2 Å². The topological polar surface area (TPSA) is 16.4 Å². The van der Waals surface area contributed by atoms with E-state index in [4.69, 9.17) is 4.42 Å². The molecule has 2 nitrogen and oxygen atoms in total. The maximum atomic E-state index is 12.9. The minimum atomic E-state index is -4.34. The lowest BCUT2D eigenvalue weighted by atomic mass is 9.83. The van der Waals surface area contributed by atoms with Gasteiger partial charge in [0.25, 0.3) is 0 Å². The summed E-state index contributed by atoms with van der Waals surface area (Å²) < 4.78 is 44.5. The molecule has 1 aromatic carbocycles. The van der Waals surface area contributed by atoms with E-state index in [2.05, 4.69) is 11.1 Å². The van der Waals surface area contributed by atoms with Gasteiger partial charge >= 0.3 is 6.18 Å². The summed E-state index contributed by atoms with van der Waals surface area (Å²) in [7, 11) is 0. The van der Waals surface area contributed by atoms with Crippen molar-refractivity contribution in [3.05, 3.63) is 54.1 Å². The Morgan fingerprint density at radius 1 is 1.09 bits per heavy atom. The van der Waals surface area contributed by atoms with Crippen molar-refractivity contribution < 1.29 is 17.6 Å². The van der Waals surface area contributed by atoms with Crippen LogP contribution in [0.25, 0.3) is 16.7 Å². The first-order valence-electron chi connectivity index (χ1n) is 7.73. The Balaban J connectivity index is 1.77. The summed E-state index contributed by atoms with van der Waals surface area (Å²) in [6.45, 7) is 2.10. The highest BCUT2D eigenvalue weighted by atomic mass is 19.4. The molecule has 0 radical (unpaired) electrons. The molecule has 2 aromatic rings. The van der Waals surface area contributed by atoms with Crippen LogP contribution in [0.5, 0.6) is 0 Å². The van der Waals surface area contributed by atoms with Crippen molar-refractivity contribution in [1.29, 1.82) is 0 Å². The largest absolute Gasteiger partial charge is 0.464 e. The third kappa shape index (κ3) is 2.54. The fourth-order valence-electron chi connectivity index (χ4n) is 3.51. The van der Waals surface area contributed by atoms with Gasteiger partial charge in [0, 0.05) is 30.4 Å². The minimum Gasteiger partial charge on any atom is -0.464 e. The first kappa shape index (κ1) is 14.4. The fourth-order valence-corrected chi connectivity index (χ4v) is 3.51. The summed E-state index contributed by atoms with van der Waals surface area (Å²) in [5.74, 6) is 1.15. The van der Waals surface area contributed by atoms with Gasteiger partial charge in [0.1, 0.15) is 5.76 Å². The normalized spacial score (nSPS) is 18.4. The van der Waals surface area contributed by atoms with Crippen LogP contribution in [0.15, 0.2) is 47.2 Å². The average Bonchev–Trinajstić information content (AvgIpc) is 3.05. The van der Waals surface area contributed by atoms with Crippen LogP contribution in [-0.2, 0) is 6.18 Å². The minimum absolute atomic E-state index is 0.440. The molecule has 1 aromatic heterocycles. The average molecular weight is 319 g/mol. The Morgan fingerprint density at radius 3 is 2.52 bits per heavy atom. The summed E-state index contributed by atoms with van der Waals surface area (Å²) >= 11 is 0. The molecule has 0 saturated carbocycles. The van der Waals surface area contributed by atoms with Gasteiger partial charge in [-0.15, -0.1) is 0 Å². The van der Waals surface area contributed by atoms with Gasteiger partial charge in [-0.25, -0.2) is 0 Å². The third-order valence-electron chi connectivity index (χ3n) is 4.72. The van der Waals surface area contributed by atoms with Crippen molar-refractivity contribution in [3.8, 4) is 11.1 Å². The second-order valence-corrected chi connectivity index (χ2v) is 6.14. The van der Waals surface area contributed by atoms with Gasteiger partial charge in [-0.3, -0.25) is 0 Å². The molecule has 3 aliphatic heterocycles. The van der Waals surface area contributed by atoms with Crippen LogP contribution in [0.4, 0.5) is 13.2 Å².